The Bertz CT molecular complexity index is 990. The lowest BCUT2D eigenvalue weighted by atomic mass is 9.84. The topological polar surface area (TPSA) is 67.7 Å². The van der Waals surface area contributed by atoms with Gasteiger partial charge in [0, 0.05) is 45.8 Å². The molecular weight excluding hydrogens is 440 g/mol. The van der Waals surface area contributed by atoms with E-state index in [0.717, 1.165) is 43.7 Å². The van der Waals surface area contributed by atoms with Gasteiger partial charge in [0.05, 0.1) is 7.11 Å². The number of hydrogen-bond donors (Lipinski definition) is 0. The van der Waals surface area contributed by atoms with Crippen molar-refractivity contribution in [1.29, 1.82) is 0 Å². The number of ether oxygens (including phenoxy) is 1. The van der Waals surface area contributed by atoms with E-state index in [1.54, 1.807) is 24.1 Å². The summed E-state index contributed by atoms with van der Waals surface area (Å²) in [6, 6.07) is 9.88. The molecule has 7 nitrogen and oxygen atoms in total. The second kappa shape index (κ2) is 11.7. The number of carbonyl (C=O) groups excluding carboxylic acids is 2. The quantitative estimate of drug-likeness (QED) is 0.564. The van der Waals surface area contributed by atoms with Gasteiger partial charge in [-0.25, -0.2) is 0 Å². The number of aryl methyl sites for hydroxylation is 1. The molecule has 0 spiro atoms. The number of benzene rings is 1. The Kier molecular flexibility index (Phi) is 8.47. The Morgan fingerprint density at radius 2 is 1.86 bits per heavy atom. The van der Waals surface area contributed by atoms with Crippen molar-refractivity contribution in [1.82, 2.24) is 19.6 Å². The predicted octanol–water partition coefficient (Wildman–Crippen LogP) is 4.32. The third-order valence-electron chi connectivity index (χ3n) is 7.95. The lowest BCUT2D eigenvalue weighted by molar-refractivity contribution is -0.134. The third kappa shape index (κ3) is 6.44. The van der Waals surface area contributed by atoms with Crippen LogP contribution in [0.4, 0.5) is 0 Å². The van der Waals surface area contributed by atoms with Crippen molar-refractivity contribution < 1.29 is 14.3 Å². The number of likely N-dealkylation sites (N-methyl/N-ethyl adjacent to an activating group) is 1. The largest absolute Gasteiger partial charge is 0.497 e. The van der Waals surface area contributed by atoms with Crippen LogP contribution in [0, 0.1) is 11.8 Å². The van der Waals surface area contributed by atoms with Crippen LogP contribution in [0.3, 0.4) is 0 Å². The van der Waals surface area contributed by atoms with Crippen molar-refractivity contribution in [3.63, 3.8) is 0 Å². The van der Waals surface area contributed by atoms with E-state index >= 15 is 0 Å². The Balaban J connectivity index is 1.44. The molecule has 35 heavy (non-hydrogen) atoms. The van der Waals surface area contributed by atoms with Crippen LogP contribution in [-0.4, -0.2) is 64.7 Å². The van der Waals surface area contributed by atoms with Crippen LogP contribution in [-0.2, 0) is 18.3 Å². The maximum Gasteiger partial charge on any atom is 0.274 e. The van der Waals surface area contributed by atoms with Crippen LogP contribution in [0.25, 0.3) is 0 Å². The predicted molar refractivity (Wildman–Crippen MR) is 136 cm³/mol. The van der Waals surface area contributed by atoms with Crippen molar-refractivity contribution >= 4 is 11.8 Å². The van der Waals surface area contributed by atoms with Gasteiger partial charge in [0.1, 0.15) is 11.4 Å². The van der Waals surface area contributed by atoms with Crippen molar-refractivity contribution in [2.75, 3.05) is 27.2 Å². The summed E-state index contributed by atoms with van der Waals surface area (Å²) in [6.45, 7) is 1.55. The summed E-state index contributed by atoms with van der Waals surface area (Å²) >= 11 is 0. The molecule has 2 fully saturated rings. The molecule has 1 aliphatic heterocycles. The lowest BCUT2D eigenvalue weighted by Gasteiger charge is -2.40. The van der Waals surface area contributed by atoms with E-state index in [1.807, 2.05) is 31.1 Å². The highest BCUT2D eigenvalue weighted by Gasteiger charge is 2.34. The van der Waals surface area contributed by atoms with Gasteiger partial charge in [-0.15, -0.1) is 0 Å². The van der Waals surface area contributed by atoms with Crippen LogP contribution in [0.1, 0.15) is 67.4 Å². The monoisotopic (exact) mass is 480 g/mol. The van der Waals surface area contributed by atoms with Crippen LogP contribution >= 0.6 is 0 Å². The summed E-state index contributed by atoms with van der Waals surface area (Å²) in [4.78, 5) is 30.2. The molecule has 0 N–H and O–H groups in total. The van der Waals surface area contributed by atoms with Gasteiger partial charge in [0.25, 0.3) is 5.91 Å². The Labute approximate surface area is 209 Å². The molecule has 0 bridgehead atoms. The van der Waals surface area contributed by atoms with E-state index < -0.39 is 0 Å². The molecular formula is C28H40N4O3. The molecule has 2 aromatic rings. The highest BCUT2D eigenvalue weighted by molar-refractivity contribution is 5.92. The molecule has 1 aromatic heterocycles. The average Bonchev–Trinajstić information content (AvgIpc) is 3.33. The molecule has 1 saturated carbocycles. The Hall–Kier alpha value is -2.83. The standard InChI is InChI=1S/C28H40N4O3/c1-30-15-14-25(29-30)28(34)31(2)26(19-22-10-7-11-24(18-22)35-3)23-12-16-32(17-13-23)27(33)20-21-8-5-4-6-9-21/h7,10-11,14-15,18,21,23,26H,4-6,8-9,12-13,16-17,19-20H2,1-3H3/t26-/m1/s1. The van der Waals surface area contributed by atoms with E-state index in [4.69, 9.17) is 4.74 Å². The average molecular weight is 481 g/mol. The van der Waals surface area contributed by atoms with Crippen LogP contribution in [0.5, 0.6) is 5.75 Å². The van der Waals surface area contributed by atoms with Gasteiger partial charge in [0.2, 0.25) is 5.91 Å². The van der Waals surface area contributed by atoms with Crippen LogP contribution in [0.2, 0.25) is 0 Å². The highest BCUT2D eigenvalue weighted by Crippen LogP contribution is 2.30. The minimum atomic E-state index is -0.0608. The zero-order chi connectivity index (χ0) is 24.8. The van der Waals surface area contributed by atoms with Gasteiger partial charge in [-0.3, -0.25) is 14.3 Å². The maximum atomic E-state index is 13.3. The zero-order valence-corrected chi connectivity index (χ0v) is 21.5. The number of carbonyl (C=O) groups is 2. The summed E-state index contributed by atoms with van der Waals surface area (Å²) in [7, 11) is 5.39. The Morgan fingerprint density at radius 3 is 2.51 bits per heavy atom. The molecule has 1 aromatic carbocycles. The second-order valence-electron chi connectivity index (χ2n) is 10.3. The van der Waals surface area contributed by atoms with Gasteiger partial charge < -0.3 is 14.5 Å². The van der Waals surface area contributed by atoms with Gasteiger partial charge in [-0.1, -0.05) is 31.4 Å². The second-order valence-corrected chi connectivity index (χ2v) is 10.3. The summed E-state index contributed by atoms with van der Waals surface area (Å²) in [5.41, 5.74) is 1.61. The number of rotatable bonds is 8. The normalized spacial score (nSPS) is 18.3. The molecule has 7 heteroatoms. The number of nitrogens with zero attached hydrogens (tertiary/aromatic N) is 4. The lowest BCUT2D eigenvalue weighted by Crippen LogP contribution is -2.48. The first-order chi connectivity index (χ1) is 16.9. The van der Waals surface area contributed by atoms with Gasteiger partial charge >= 0.3 is 0 Å². The molecule has 2 heterocycles. The van der Waals surface area contributed by atoms with Crippen LogP contribution < -0.4 is 4.74 Å². The summed E-state index contributed by atoms with van der Waals surface area (Å²) in [6.07, 6.45) is 11.3. The van der Waals surface area contributed by atoms with E-state index in [0.29, 0.717) is 29.9 Å². The molecule has 2 amide bonds. The first kappa shape index (κ1) is 25.3. The molecule has 1 atom stereocenters. The van der Waals surface area contributed by atoms with Crippen LogP contribution in [0.15, 0.2) is 36.5 Å². The first-order valence-corrected chi connectivity index (χ1v) is 13.1. The number of amides is 2. The number of hydrogen-bond acceptors (Lipinski definition) is 4. The van der Waals surface area contributed by atoms with Crippen molar-refractivity contribution in [2.45, 2.75) is 63.8 Å². The molecule has 0 unspecified atom stereocenters. The minimum Gasteiger partial charge on any atom is -0.497 e. The van der Waals surface area contributed by atoms with E-state index in [-0.39, 0.29) is 11.9 Å². The van der Waals surface area contributed by atoms with Gasteiger partial charge in [-0.05, 0) is 67.7 Å². The number of piperidine rings is 1. The fraction of sp³-hybridized carbons (Fsp3) is 0.607. The fourth-order valence-corrected chi connectivity index (χ4v) is 5.82. The third-order valence-corrected chi connectivity index (χ3v) is 7.95. The number of methoxy groups -OCH3 is 1. The number of aromatic nitrogens is 2. The molecule has 1 saturated heterocycles. The van der Waals surface area contributed by atoms with Crippen molar-refractivity contribution in [3.05, 3.63) is 47.8 Å². The minimum absolute atomic E-state index is 0.0206. The van der Waals surface area contributed by atoms with Gasteiger partial charge in [-0.2, -0.15) is 5.10 Å². The molecule has 190 valence electrons. The summed E-state index contributed by atoms with van der Waals surface area (Å²) in [5, 5.41) is 4.34. The number of likely N-dealkylation sites (tertiary alicyclic amines) is 1. The SMILES string of the molecule is COc1cccc(C[C@H](C2CCN(C(=O)CC3CCCCC3)CC2)N(C)C(=O)c2ccn(C)n2)c1. The van der Waals surface area contributed by atoms with E-state index in [1.165, 1.54) is 32.1 Å². The molecule has 1 aliphatic carbocycles. The first-order valence-electron chi connectivity index (χ1n) is 13.1. The van der Waals surface area contributed by atoms with Gasteiger partial charge in [0.15, 0.2) is 0 Å². The smallest absolute Gasteiger partial charge is 0.274 e. The maximum absolute atomic E-state index is 13.3. The summed E-state index contributed by atoms with van der Waals surface area (Å²) < 4.78 is 7.09. The summed E-state index contributed by atoms with van der Waals surface area (Å²) in [5.74, 6) is 1.96. The Morgan fingerprint density at radius 1 is 1.11 bits per heavy atom. The molecule has 2 aliphatic rings. The molecule has 4 rings (SSSR count). The zero-order valence-electron chi connectivity index (χ0n) is 21.5. The fourth-order valence-electron chi connectivity index (χ4n) is 5.82. The van der Waals surface area contributed by atoms with E-state index in [9.17, 15) is 9.59 Å². The van der Waals surface area contributed by atoms with E-state index in [2.05, 4.69) is 22.1 Å². The van der Waals surface area contributed by atoms with Crippen molar-refractivity contribution in [3.8, 4) is 5.75 Å². The highest BCUT2D eigenvalue weighted by atomic mass is 16.5. The molecule has 0 radical (unpaired) electrons. The van der Waals surface area contributed by atoms with Crippen molar-refractivity contribution in [2.24, 2.45) is 18.9 Å².